The number of ether oxygens (including phenoxy) is 1. The summed E-state index contributed by atoms with van der Waals surface area (Å²) in [6.07, 6.45) is -0.458. The fourth-order valence-corrected chi connectivity index (χ4v) is 1.77. The van der Waals surface area contributed by atoms with Gasteiger partial charge in [-0.15, -0.1) is 0 Å². The SMILES string of the molecule is CC(C)(C)OC(=O)N1C[C@H](C=O)CCC(F)(F)C1. The third-order valence-electron chi connectivity index (χ3n) is 2.60. The van der Waals surface area contributed by atoms with Crippen molar-refractivity contribution in [1.82, 2.24) is 4.90 Å². The van der Waals surface area contributed by atoms with Crippen molar-refractivity contribution in [2.45, 2.75) is 45.1 Å². The number of carbonyl (C=O) groups is 2. The lowest BCUT2D eigenvalue weighted by Gasteiger charge is -2.28. The molecule has 1 fully saturated rings. The molecule has 0 aromatic rings. The molecule has 1 aliphatic heterocycles. The van der Waals surface area contributed by atoms with Crippen LogP contribution < -0.4 is 0 Å². The molecule has 1 atom stereocenters. The van der Waals surface area contributed by atoms with Crippen LogP contribution in [0.4, 0.5) is 13.6 Å². The van der Waals surface area contributed by atoms with Gasteiger partial charge in [-0.25, -0.2) is 13.6 Å². The number of hydrogen-bond donors (Lipinski definition) is 0. The van der Waals surface area contributed by atoms with Gasteiger partial charge in [0.25, 0.3) is 5.92 Å². The van der Waals surface area contributed by atoms with E-state index >= 15 is 0 Å². The summed E-state index contributed by atoms with van der Waals surface area (Å²) < 4.78 is 32.0. The van der Waals surface area contributed by atoms with Gasteiger partial charge in [0.15, 0.2) is 0 Å². The summed E-state index contributed by atoms with van der Waals surface area (Å²) in [4.78, 5) is 23.5. The fourth-order valence-electron chi connectivity index (χ4n) is 1.77. The Balaban J connectivity index is 2.77. The zero-order valence-corrected chi connectivity index (χ0v) is 10.9. The molecule has 6 heteroatoms. The van der Waals surface area contributed by atoms with Crippen LogP contribution in [0.1, 0.15) is 33.6 Å². The van der Waals surface area contributed by atoms with Gasteiger partial charge in [-0.3, -0.25) is 0 Å². The molecule has 1 amide bonds. The first-order valence-corrected chi connectivity index (χ1v) is 5.94. The number of amides is 1. The maximum absolute atomic E-state index is 13.5. The number of carbonyl (C=O) groups excluding carboxylic acids is 2. The van der Waals surface area contributed by atoms with E-state index in [0.29, 0.717) is 6.29 Å². The highest BCUT2D eigenvalue weighted by atomic mass is 19.3. The monoisotopic (exact) mass is 263 g/mol. The number of hydrogen-bond acceptors (Lipinski definition) is 3. The summed E-state index contributed by atoms with van der Waals surface area (Å²) in [5.41, 5.74) is -0.741. The lowest BCUT2D eigenvalue weighted by atomic mass is 10.0. The topological polar surface area (TPSA) is 46.6 Å². The first-order chi connectivity index (χ1) is 8.13. The maximum atomic E-state index is 13.5. The number of halogens is 2. The van der Waals surface area contributed by atoms with E-state index in [9.17, 15) is 18.4 Å². The molecule has 0 N–H and O–H groups in total. The lowest BCUT2D eigenvalue weighted by Crippen LogP contribution is -2.43. The number of rotatable bonds is 1. The molecule has 1 saturated heterocycles. The van der Waals surface area contributed by atoms with Crippen LogP contribution in [0.5, 0.6) is 0 Å². The Morgan fingerprint density at radius 2 is 2.06 bits per heavy atom. The molecular formula is C12H19F2NO3. The van der Waals surface area contributed by atoms with Crippen molar-refractivity contribution < 1.29 is 23.1 Å². The molecule has 0 aliphatic carbocycles. The van der Waals surface area contributed by atoms with Crippen molar-refractivity contribution in [3.05, 3.63) is 0 Å². The number of nitrogens with zero attached hydrogens (tertiary/aromatic N) is 1. The molecule has 104 valence electrons. The van der Waals surface area contributed by atoms with E-state index < -0.39 is 30.1 Å². The molecule has 0 aromatic heterocycles. The molecule has 18 heavy (non-hydrogen) atoms. The Bertz CT molecular complexity index is 326. The predicted molar refractivity (Wildman–Crippen MR) is 61.5 cm³/mol. The summed E-state index contributed by atoms with van der Waals surface area (Å²) in [5.74, 6) is -3.51. The average Bonchev–Trinajstić information content (AvgIpc) is 2.34. The highest BCUT2D eigenvalue weighted by molar-refractivity contribution is 5.69. The second kappa shape index (κ2) is 5.20. The molecule has 0 radical (unpaired) electrons. The van der Waals surface area contributed by atoms with Gasteiger partial charge in [0.1, 0.15) is 11.9 Å². The molecule has 1 rings (SSSR count). The number of likely N-dealkylation sites (tertiary alicyclic amines) is 1. The van der Waals surface area contributed by atoms with Crippen molar-refractivity contribution in [3.63, 3.8) is 0 Å². The van der Waals surface area contributed by atoms with Crippen LogP contribution in [-0.2, 0) is 9.53 Å². The van der Waals surface area contributed by atoms with E-state index in [0.717, 1.165) is 4.90 Å². The van der Waals surface area contributed by atoms with Gasteiger partial charge in [-0.2, -0.15) is 0 Å². The van der Waals surface area contributed by atoms with Crippen molar-refractivity contribution in [3.8, 4) is 0 Å². The second-order valence-electron chi connectivity index (χ2n) is 5.65. The molecular weight excluding hydrogens is 244 g/mol. The standard InChI is InChI=1S/C12H19F2NO3/c1-11(2,3)18-10(17)15-6-9(7-16)4-5-12(13,14)8-15/h7,9H,4-6,8H2,1-3H3/t9-/m1/s1. The lowest BCUT2D eigenvalue weighted by molar-refractivity contribution is -0.111. The van der Waals surface area contributed by atoms with Crippen molar-refractivity contribution in [2.75, 3.05) is 13.1 Å². The summed E-state index contributed by atoms with van der Waals surface area (Å²) >= 11 is 0. The molecule has 4 nitrogen and oxygen atoms in total. The zero-order valence-electron chi connectivity index (χ0n) is 10.9. The Hall–Kier alpha value is -1.20. The minimum Gasteiger partial charge on any atom is -0.444 e. The Morgan fingerprint density at radius 1 is 1.44 bits per heavy atom. The quantitative estimate of drug-likeness (QED) is 0.683. The van der Waals surface area contributed by atoms with E-state index in [1.807, 2.05) is 0 Å². The van der Waals surface area contributed by atoms with Crippen LogP contribution >= 0.6 is 0 Å². The normalized spacial score (nSPS) is 24.3. The summed E-state index contributed by atoms with van der Waals surface area (Å²) in [7, 11) is 0. The van der Waals surface area contributed by atoms with Gasteiger partial charge in [0.05, 0.1) is 6.54 Å². The molecule has 0 unspecified atom stereocenters. The summed E-state index contributed by atoms with van der Waals surface area (Å²) in [6.45, 7) is 4.30. The minimum atomic E-state index is -2.96. The first-order valence-electron chi connectivity index (χ1n) is 5.94. The van der Waals surface area contributed by atoms with E-state index in [4.69, 9.17) is 4.74 Å². The largest absolute Gasteiger partial charge is 0.444 e. The van der Waals surface area contributed by atoms with Crippen LogP contribution in [-0.4, -0.2) is 41.9 Å². The van der Waals surface area contributed by atoms with Crippen LogP contribution in [0.3, 0.4) is 0 Å². The summed E-state index contributed by atoms with van der Waals surface area (Å²) in [6, 6.07) is 0. The number of aldehydes is 1. The third kappa shape index (κ3) is 4.58. The minimum absolute atomic E-state index is 0.00595. The van der Waals surface area contributed by atoms with E-state index in [2.05, 4.69) is 0 Å². The Kier molecular flexibility index (Phi) is 4.29. The van der Waals surface area contributed by atoms with Crippen molar-refractivity contribution in [1.29, 1.82) is 0 Å². The second-order valence-corrected chi connectivity index (χ2v) is 5.65. The maximum Gasteiger partial charge on any atom is 0.410 e. The van der Waals surface area contributed by atoms with Crippen LogP contribution in [0.15, 0.2) is 0 Å². The molecule has 0 spiro atoms. The third-order valence-corrected chi connectivity index (χ3v) is 2.60. The van der Waals surface area contributed by atoms with Gasteiger partial charge in [-0.05, 0) is 27.2 Å². The highest BCUT2D eigenvalue weighted by Gasteiger charge is 2.39. The Labute approximate surface area is 105 Å². The van der Waals surface area contributed by atoms with Gasteiger partial charge >= 0.3 is 6.09 Å². The highest BCUT2D eigenvalue weighted by Crippen LogP contribution is 2.29. The molecule has 1 aliphatic rings. The van der Waals surface area contributed by atoms with E-state index in [-0.39, 0.29) is 19.4 Å². The molecule has 0 aromatic carbocycles. The molecule has 1 heterocycles. The van der Waals surface area contributed by atoms with Crippen LogP contribution in [0.25, 0.3) is 0 Å². The number of alkyl halides is 2. The fraction of sp³-hybridized carbons (Fsp3) is 0.833. The van der Waals surface area contributed by atoms with Gasteiger partial charge in [0, 0.05) is 18.9 Å². The Morgan fingerprint density at radius 3 is 2.56 bits per heavy atom. The summed E-state index contributed by atoms with van der Waals surface area (Å²) in [5, 5.41) is 0. The first kappa shape index (κ1) is 14.9. The molecule has 0 saturated carbocycles. The van der Waals surface area contributed by atoms with Crippen LogP contribution in [0.2, 0.25) is 0 Å². The van der Waals surface area contributed by atoms with Crippen molar-refractivity contribution >= 4 is 12.4 Å². The van der Waals surface area contributed by atoms with Gasteiger partial charge in [0.2, 0.25) is 0 Å². The average molecular weight is 263 g/mol. The van der Waals surface area contributed by atoms with Gasteiger partial charge < -0.3 is 14.4 Å². The molecule has 0 bridgehead atoms. The van der Waals surface area contributed by atoms with Gasteiger partial charge in [-0.1, -0.05) is 0 Å². The van der Waals surface area contributed by atoms with E-state index in [1.54, 1.807) is 20.8 Å². The predicted octanol–water partition coefficient (Wildman–Crippen LogP) is 2.47. The van der Waals surface area contributed by atoms with Crippen molar-refractivity contribution in [2.24, 2.45) is 5.92 Å². The van der Waals surface area contributed by atoms with Crippen LogP contribution in [0, 0.1) is 5.92 Å². The zero-order chi connectivity index (χ0) is 14.0. The smallest absolute Gasteiger partial charge is 0.410 e. The van der Waals surface area contributed by atoms with E-state index in [1.165, 1.54) is 0 Å².